The summed E-state index contributed by atoms with van der Waals surface area (Å²) in [5.41, 5.74) is 1.93. The number of nitrogens with one attached hydrogen (secondary N) is 1. The molecule has 2 rings (SSSR count). The average Bonchev–Trinajstić information content (AvgIpc) is 2.61. The van der Waals surface area contributed by atoms with E-state index in [0.29, 0.717) is 12.8 Å². The number of rotatable bonds is 9. The lowest BCUT2D eigenvalue weighted by atomic mass is 9.91. The minimum atomic E-state index is -0.788. The Balaban J connectivity index is 1.88. The van der Waals surface area contributed by atoms with Crippen molar-refractivity contribution >= 4 is 17.6 Å². The van der Waals surface area contributed by atoms with Crippen LogP contribution in [0.1, 0.15) is 24.8 Å². The van der Waals surface area contributed by atoms with E-state index in [2.05, 4.69) is 5.32 Å². The van der Waals surface area contributed by atoms with Gasteiger partial charge in [-0.3, -0.25) is 9.59 Å². The Labute approximate surface area is 148 Å². The van der Waals surface area contributed by atoms with Crippen molar-refractivity contribution < 1.29 is 14.7 Å². The molecule has 0 heterocycles. The Morgan fingerprint density at radius 2 is 1.64 bits per heavy atom. The zero-order valence-corrected chi connectivity index (χ0v) is 14.1. The standard InChI is InChI=1S/C21H23NO3/c23-20(22-19-11-5-2-6-12-19)13-7-10-18(14-15-21(24)25)16-17-8-3-1-4-9-17/h1-9,11-13,18H,10,14-16H2,(H,22,23)(H,24,25)/b13-7+/t18-/m1/s1. The minimum absolute atomic E-state index is 0.140. The molecule has 2 aromatic rings. The predicted octanol–water partition coefficient (Wildman–Crippen LogP) is 4.30. The molecule has 0 spiro atoms. The summed E-state index contributed by atoms with van der Waals surface area (Å²) in [6, 6.07) is 19.3. The van der Waals surface area contributed by atoms with Gasteiger partial charge in [0.1, 0.15) is 0 Å². The highest BCUT2D eigenvalue weighted by atomic mass is 16.4. The number of carboxylic acids is 1. The van der Waals surface area contributed by atoms with Crippen LogP contribution in [0.2, 0.25) is 0 Å². The lowest BCUT2D eigenvalue weighted by Gasteiger charge is -2.14. The van der Waals surface area contributed by atoms with Crippen LogP contribution >= 0.6 is 0 Å². The first-order valence-corrected chi connectivity index (χ1v) is 8.42. The smallest absolute Gasteiger partial charge is 0.303 e. The van der Waals surface area contributed by atoms with Crippen molar-refractivity contribution in [2.24, 2.45) is 5.92 Å². The highest BCUT2D eigenvalue weighted by Gasteiger charge is 2.11. The molecule has 2 aromatic carbocycles. The van der Waals surface area contributed by atoms with Crippen LogP contribution in [0.15, 0.2) is 72.8 Å². The van der Waals surface area contributed by atoms with E-state index < -0.39 is 5.97 Å². The van der Waals surface area contributed by atoms with E-state index in [4.69, 9.17) is 5.11 Å². The number of para-hydroxylation sites is 1. The number of hydrogen-bond donors (Lipinski definition) is 2. The molecule has 0 bridgehead atoms. The maximum absolute atomic E-state index is 11.9. The number of hydrogen-bond acceptors (Lipinski definition) is 2. The molecule has 4 heteroatoms. The second kappa shape index (κ2) is 10.1. The Bertz CT molecular complexity index is 696. The van der Waals surface area contributed by atoms with E-state index in [1.165, 1.54) is 11.6 Å². The molecule has 4 nitrogen and oxygen atoms in total. The summed E-state index contributed by atoms with van der Waals surface area (Å²) in [6.07, 6.45) is 5.55. The molecule has 130 valence electrons. The van der Waals surface area contributed by atoms with Crippen molar-refractivity contribution in [1.82, 2.24) is 0 Å². The van der Waals surface area contributed by atoms with Crippen LogP contribution in [-0.2, 0) is 16.0 Å². The van der Waals surface area contributed by atoms with Crippen LogP contribution in [0.4, 0.5) is 5.69 Å². The van der Waals surface area contributed by atoms with Crippen LogP contribution in [0.25, 0.3) is 0 Å². The van der Waals surface area contributed by atoms with Crippen LogP contribution < -0.4 is 5.32 Å². The molecule has 0 aliphatic heterocycles. The van der Waals surface area contributed by atoms with Crippen molar-refractivity contribution in [1.29, 1.82) is 0 Å². The first-order chi connectivity index (χ1) is 12.1. The SMILES string of the molecule is O=C(O)CC[C@@H](C/C=C/C(=O)Nc1ccccc1)Cc1ccccc1. The summed E-state index contributed by atoms with van der Waals surface area (Å²) in [6.45, 7) is 0. The Hall–Kier alpha value is -2.88. The number of carboxylic acid groups (broad SMARTS) is 1. The van der Waals surface area contributed by atoms with Gasteiger partial charge in [-0.05, 0) is 49.0 Å². The van der Waals surface area contributed by atoms with Gasteiger partial charge >= 0.3 is 5.97 Å². The average molecular weight is 337 g/mol. The third kappa shape index (κ3) is 7.48. The molecule has 0 saturated carbocycles. The van der Waals surface area contributed by atoms with Gasteiger partial charge in [-0.15, -0.1) is 0 Å². The van der Waals surface area contributed by atoms with Gasteiger partial charge in [0.2, 0.25) is 5.91 Å². The number of anilines is 1. The summed E-state index contributed by atoms with van der Waals surface area (Å²) in [7, 11) is 0. The molecule has 2 N–H and O–H groups in total. The normalized spacial score (nSPS) is 12.0. The van der Waals surface area contributed by atoms with Gasteiger partial charge < -0.3 is 10.4 Å². The van der Waals surface area contributed by atoms with Gasteiger partial charge in [-0.25, -0.2) is 0 Å². The van der Waals surface area contributed by atoms with Gasteiger partial charge in [0.25, 0.3) is 0 Å². The van der Waals surface area contributed by atoms with Crippen LogP contribution in [0.3, 0.4) is 0 Å². The van der Waals surface area contributed by atoms with Gasteiger partial charge in [-0.2, -0.15) is 0 Å². The topological polar surface area (TPSA) is 66.4 Å². The van der Waals surface area contributed by atoms with Gasteiger partial charge in [-0.1, -0.05) is 54.6 Å². The molecule has 0 radical (unpaired) electrons. The van der Waals surface area contributed by atoms with Crippen molar-refractivity contribution in [3.8, 4) is 0 Å². The monoisotopic (exact) mass is 337 g/mol. The number of amides is 1. The first-order valence-electron chi connectivity index (χ1n) is 8.42. The quantitative estimate of drug-likeness (QED) is 0.671. The maximum atomic E-state index is 11.9. The summed E-state index contributed by atoms with van der Waals surface area (Å²) in [4.78, 5) is 22.8. The fraction of sp³-hybridized carbons (Fsp3) is 0.238. The lowest BCUT2D eigenvalue weighted by Crippen LogP contribution is -2.09. The van der Waals surface area contributed by atoms with E-state index in [0.717, 1.165) is 12.1 Å². The molecule has 0 unspecified atom stereocenters. The Morgan fingerprint density at radius 1 is 1.00 bits per heavy atom. The summed E-state index contributed by atoms with van der Waals surface area (Å²) < 4.78 is 0. The second-order valence-corrected chi connectivity index (χ2v) is 5.98. The van der Waals surface area contributed by atoms with Crippen LogP contribution in [0.5, 0.6) is 0 Å². The summed E-state index contributed by atoms with van der Waals surface area (Å²) in [5, 5.41) is 11.7. The van der Waals surface area contributed by atoms with E-state index >= 15 is 0 Å². The predicted molar refractivity (Wildman–Crippen MR) is 99.3 cm³/mol. The third-order valence-corrected chi connectivity index (χ3v) is 3.91. The minimum Gasteiger partial charge on any atom is -0.481 e. The molecule has 1 atom stereocenters. The zero-order valence-electron chi connectivity index (χ0n) is 14.1. The molecule has 0 saturated heterocycles. The number of carbonyl (C=O) groups excluding carboxylic acids is 1. The van der Waals surface area contributed by atoms with Gasteiger partial charge in [0, 0.05) is 12.1 Å². The maximum Gasteiger partial charge on any atom is 0.303 e. The molecule has 0 fully saturated rings. The molecule has 1 amide bonds. The van der Waals surface area contributed by atoms with Crippen molar-refractivity contribution in [3.63, 3.8) is 0 Å². The zero-order chi connectivity index (χ0) is 17.9. The van der Waals surface area contributed by atoms with E-state index in [9.17, 15) is 9.59 Å². The van der Waals surface area contributed by atoms with Gasteiger partial charge in [0.05, 0.1) is 0 Å². The second-order valence-electron chi connectivity index (χ2n) is 5.98. The number of benzene rings is 2. The van der Waals surface area contributed by atoms with Crippen molar-refractivity contribution in [2.45, 2.75) is 25.7 Å². The summed E-state index contributed by atoms with van der Waals surface area (Å²) >= 11 is 0. The first kappa shape index (κ1) is 18.5. The lowest BCUT2D eigenvalue weighted by molar-refractivity contribution is -0.137. The molecule has 0 aliphatic carbocycles. The highest BCUT2D eigenvalue weighted by Crippen LogP contribution is 2.18. The molecule has 0 aliphatic rings. The molecule has 25 heavy (non-hydrogen) atoms. The third-order valence-electron chi connectivity index (χ3n) is 3.91. The van der Waals surface area contributed by atoms with E-state index in [-0.39, 0.29) is 18.2 Å². The van der Waals surface area contributed by atoms with Gasteiger partial charge in [0.15, 0.2) is 0 Å². The Morgan fingerprint density at radius 3 is 2.28 bits per heavy atom. The van der Waals surface area contributed by atoms with Crippen LogP contribution in [-0.4, -0.2) is 17.0 Å². The molecular weight excluding hydrogens is 314 g/mol. The van der Waals surface area contributed by atoms with Crippen molar-refractivity contribution in [3.05, 3.63) is 78.4 Å². The largest absolute Gasteiger partial charge is 0.481 e. The van der Waals surface area contributed by atoms with E-state index in [1.54, 1.807) is 0 Å². The fourth-order valence-electron chi connectivity index (χ4n) is 2.65. The van der Waals surface area contributed by atoms with Crippen molar-refractivity contribution in [2.75, 3.05) is 5.32 Å². The molecule has 0 aromatic heterocycles. The summed E-state index contributed by atoms with van der Waals surface area (Å²) in [5.74, 6) is -0.772. The highest BCUT2D eigenvalue weighted by molar-refractivity contribution is 5.99. The number of carbonyl (C=O) groups is 2. The Kier molecular flexibility index (Phi) is 7.44. The molecular formula is C21H23NO3. The fourth-order valence-corrected chi connectivity index (χ4v) is 2.65. The number of aliphatic carboxylic acids is 1. The van der Waals surface area contributed by atoms with Crippen LogP contribution in [0, 0.1) is 5.92 Å². The number of allylic oxidation sites excluding steroid dienone is 1. The van der Waals surface area contributed by atoms with E-state index in [1.807, 2.05) is 66.7 Å².